The van der Waals surface area contributed by atoms with Gasteiger partial charge in [-0.15, -0.1) is 0 Å². The summed E-state index contributed by atoms with van der Waals surface area (Å²) >= 11 is 0. The fourth-order valence-electron chi connectivity index (χ4n) is 2.24. The van der Waals surface area contributed by atoms with Gasteiger partial charge in [0.15, 0.2) is 11.5 Å². The van der Waals surface area contributed by atoms with Gasteiger partial charge in [0.25, 0.3) is 0 Å². The van der Waals surface area contributed by atoms with Gasteiger partial charge in [-0.1, -0.05) is 19.9 Å². The van der Waals surface area contributed by atoms with Crippen LogP contribution >= 0.6 is 0 Å². The molecule has 0 saturated heterocycles. The molecule has 0 amide bonds. The van der Waals surface area contributed by atoms with E-state index in [-0.39, 0.29) is 12.0 Å². The molecule has 0 bridgehead atoms. The first-order valence-electron chi connectivity index (χ1n) is 6.38. The van der Waals surface area contributed by atoms with Crippen molar-refractivity contribution in [3.8, 4) is 11.5 Å². The SMILES string of the molecule is COc1ccc(CC(C(C)C)C(C)O)cc1OC. The second kappa shape index (κ2) is 6.64. The minimum atomic E-state index is -0.307. The van der Waals surface area contributed by atoms with E-state index in [1.807, 2.05) is 25.1 Å². The lowest BCUT2D eigenvalue weighted by Crippen LogP contribution is -2.24. The molecule has 2 atom stereocenters. The Morgan fingerprint density at radius 1 is 1.06 bits per heavy atom. The Hall–Kier alpha value is -1.22. The van der Waals surface area contributed by atoms with E-state index in [0.717, 1.165) is 23.5 Å². The molecule has 1 N–H and O–H groups in total. The van der Waals surface area contributed by atoms with Crippen LogP contribution in [0.3, 0.4) is 0 Å². The van der Waals surface area contributed by atoms with E-state index < -0.39 is 0 Å². The predicted octanol–water partition coefficient (Wildman–Crippen LogP) is 2.90. The van der Waals surface area contributed by atoms with Crippen LogP contribution < -0.4 is 9.47 Å². The summed E-state index contributed by atoms with van der Waals surface area (Å²) in [4.78, 5) is 0. The zero-order valence-electron chi connectivity index (χ0n) is 11.9. The molecule has 0 heterocycles. The monoisotopic (exact) mass is 252 g/mol. The quantitative estimate of drug-likeness (QED) is 0.846. The van der Waals surface area contributed by atoms with Crippen molar-refractivity contribution in [1.82, 2.24) is 0 Å². The first-order valence-corrected chi connectivity index (χ1v) is 6.38. The van der Waals surface area contributed by atoms with Gasteiger partial charge in [0.1, 0.15) is 0 Å². The Kier molecular flexibility index (Phi) is 5.48. The second-order valence-corrected chi connectivity index (χ2v) is 5.04. The van der Waals surface area contributed by atoms with Crippen LogP contribution in [-0.4, -0.2) is 25.4 Å². The molecule has 0 spiro atoms. The highest BCUT2D eigenvalue weighted by molar-refractivity contribution is 5.43. The molecular formula is C15H24O3. The molecule has 0 aliphatic carbocycles. The standard InChI is InChI=1S/C15H24O3/c1-10(2)13(11(3)16)8-12-6-7-14(17-4)15(9-12)18-5/h6-7,9-11,13,16H,8H2,1-5H3. The Bertz CT molecular complexity index is 364. The van der Waals surface area contributed by atoms with E-state index in [1.54, 1.807) is 14.2 Å². The molecule has 1 aromatic carbocycles. The number of aliphatic hydroxyl groups is 1. The van der Waals surface area contributed by atoms with Crippen molar-refractivity contribution in [2.75, 3.05) is 14.2 Å². The van der Waals surface area contributed by atoms with Crippen LogP contribution in [0.2, 0.25) is 0 Å². The maximum Gasteiger partial charge on any atom is 0.160 e. The molecule has 102 valence electrons. The number of benzene rings is 1. The summed E-state index contributed by atoms with van der Waals surface area (Å²) < 4.78 is 10.5. The fraction of sp³-hybridized carbons (Fsp3) is 0.600. The number of rotatable bonds is 6. The van der Waals surface area contributed by atoms with Gasteiger partial charge < -0.3 is 14.6 Å². The Labute approximate surface area is 110 Å². The molecule has 0 aromatic heterocycles. The van der Waals surface area contributed by atoms with Crippen LogP contribution in [0.4, 0.5) is 0 Å². The van der Waals surface area contributed by atoms with Gasteiger partial charge in [0.2, 0.25) is 0 Å². The minimum absolute atomic E-state index is 0.253. The van der Waals surface area contributed by atoms with Crippen LogP contribution in [0.1, 0.15) is 26.3 Å². The Balaban J connectivity index is 2.90. The highest BCUT2D eigenvalue weighted by Crippen LogP contribution is 2.30. The van der Waals surface area contributed by atoms with E-state index in [0.29, 0.717) is 5.92 Å². The Morgan fingerprint density at radius 2 is 1.67 bits per heavy atom. The zero-order valence-corrected chi connectivity index (χ0v) is 11.9. The van der Waals surface area contributed by atoms with Gasteiger partial charge >= 0.3 is 0 Å². The molecular weight excluding hydrogens is 228 g/mol. The normalized spacial score (nSPS) is 14.4. The molecule has 18 heavy (non-hydrogen) atoms. The lowest BCUT2D eigenvalue weighted by molar-refractivity contribution is 0.0976. The van der Waals surface area contributed by atoms with E-state index >= 15 is 0 Å². The third-order valence-electron chi connectivity index (χ3n) is 3.40. The van der Waals surface area contributed by atoms with Crippen LogP contribution in [0, 0.1) is 11.8 Å². The first-order chi connectivity index (χ1) is 8.49. The van der Waals surface area contributed by atoms with Gasteiger partial charge in [-0.25, -0.2) is 0 Å². The molecule has 0 radical (unpaired) electrons. The molecule has 1 aromatic rings. The van der Waals surface area contributed by atoms with E-state index in [1.165, 1.54) is 0 Å². The van der Waals surface area contributed by atoms with Gasteiger partial charge in [-0.2, -0.15) is 0 Å². The van der Waals surface area contributed by atoms with Crippen molar-refractivity contribution in [2.24, 2.45) is 11.8 Å². The number of hydrogen-bond donors (Lipinski definition) is 1. The minimum Gasteiger partial charge on any atom is -0.493 e. The average Bonchev–Trinajstić information content (AvgIpc) is 2.34. The van der Waals surface area contributed by atoms with Gasteiger partial charge in [0.05, 0.1) is 20.3 Å². The average molecular weight is 252 g/mol. The van der Waals surface area contributed by atoms with Crippen LogP contribution in [0.25, 0.3) is 0 Å². The van der Waals surface area contributed by atoms with E-state index in [4.69, 9.17) is 9.47 Å². The highest BCUT2D eigenvalue weighted by atomic mass is 16.5. The third kappa shape index (κ3) is 3.64. The van der Waals surface area contributed by atoms with Crippen LogP contribution in [0.5, 0.6) is 11.5 Å². The number of hydrogen-bond acceptors (Lipinski definition) is 3. The van der Waals surface area contributed by atoms with Crippen molar-refractivity contribution in [3.05, 3.63) is 23.8 Å². The molecule has 0 aliphatic rings. The third-order valence-corrected chi connectivity index (χ3v) is 3.40. The number of ether oxygens (including phenoxy) is 2. The van der Waals surface area contributed by atoms with Crippen molar-refractivity contribution in [2.45, 2.75) is 33.3 Å². The molecule has 0 saturated carbocycles. The molecule has 3 heteroatoms. The summed E-state index contributed by atoms with van der Waals surface area (Å²) in [5, 5.41) is 9.82. The topological polar surface area (TPSA) is 38.7 Å². The summed E-state index contributed by atoms with van der Waals surface area (Å²) in [6.07, 6.45) is 0.536. The zero-order chi connectivity index (χ0) is 13.7. The van der Waals surface area contributed by atoms with Gasteiger partial charge in [-0.05, 0) is 42.9 Å². The maximum absolute atomic E-state index is 9.82. The largest absolute Gasteiger partial charge is 0.493 e. The summed E-state index contributed by atoms with van der Waals surface area (Å²) in [5.41, 5.74) is 1.16. The van der Waals surface area contributed by atoms with E-state index in [9.17, 15) is 5.11 Å². The molecule has 0 fully saturated rings. The molecule has 3 nitrogen and oxygen atoms in total. The summed E-state index contributed by atoms with van der Waals surface area (Å²) in [6, 6.07) is 5.92. The molecule has 2 unspecified atom stereocenters. The lowest BCUT2D eigenvalue weighted by Gasteiger charge is -2.24. The van der Waals surface area contributed by atoms with Crippen LogP contribution in [-0.2, 0) is 6.42 Å². The molecule has 0 aliphatic heterocycles. The Morgan fingerprint density at radius 3 is 2.11 bits per heavy atom. The smallest absolute Gasteiger partial charge is 0.160 e. The first kappa shape index (κ1) is 14.8. The fourth-order valence-corrected chi connectivity index (χ4v) is 2.24. The van der Waals surface area contributed by atoms with Gasteiger partial charge in [0, 0.05) is 0 Å². The lowest BCUT2D eigenvalue weighted by atomic mass is 9.85. The van der Waals surface area contributed by atoms with Crippen molar-refractivity contribution >= 4 is 0 Å². The number of methoxy groups -OCH3 is 2. The van der Waals surface area contributed by atoms with Crippen molar-refractivity contribution < 1.29 is 14.6 Å². The summed E-state index contributed by atoms with van der Waals surface area (Å²) in [6.45, 7) is 6.13. The summed E-state index contributed by atoms with van der Waals surface area (Å²) in [7, 11) is 3.26. The summed E-state index contributed by atoms with van der Waals surface area (Å²) in [5.74, 6) is 2.17. The van der Waals surface area contributed by atoms with E-state index in [2.05, 4.69) is 13.8 Å². The van der Waals surface area contributed by atoms with Crippen molar-refractivity contribution in [3.63, 3.8) is 0 Å². The second-order valence-electron chi connectivity index (χ2n) is 5.04. The predicted molar refractivity (Wildman–Crippen MR) is 73.3 cm³/mol. The maximum atomic E-state index is 9.82. The highest BCUT2D eigenvalue weighted by Gasteiger charge is 2.20. The van der Waals surface area contributed by atoms with Crippen LogP contribution in [0.15, 0.2) is 18.2 Å². The van der Waals surface area contributed by atoms with Gasteiger partial charge in [-0.3, -0.25) is 0 Å². The number of aliphatic hydroxyl groups excluding tert-OH is 1. The molecule has 1 rings (SSSR count). The van der Waals surface area contributed by atoms with Crippen molar-refractivity contribution in [1.29, 1.82) is 0 Å².